The molecule has 1 aromatic carbocycles. The molecule has 0 aliphatic rings. The van der Waals surface area contributed by atoms with E-state index < -0.39 is 10.0 Å². The highest BCUT2D eigenvalue weighted by Gasteiger charge is 2.21. The molecule has 0 saturated heterocycles. The molecule has 2 heterocycles. The maximum atomic E-state index is 12.5. The molecular formula is C18H19ClN2O2S3. The molecule has 0 aliphatic carbocycles. The summed E-state index contributed by atoms with van der Waals surface area (Å²) in [5, 5.41) is 5.28. The van der Waals surface area contributed by atoms with Crippen LogP contribution in [0.25, 0.3) is 10.6 Å². The highest BCUT2D eigenvalue weighted by molar-refractivity contribution is 7.91. The molecule has 0 radical (unpaired) electrons. The number of hydrogen-bond acceptors (Lipinski definition) is 5. The number of benzene rings is 1. The highest BCUT2D eigenvalue weighted by Crippen LogP contribution is 2.33. The van der Waals surface area contributed by atoms with Crippen LogP contribution < -0.4 is 4.72 Å². The molecular weight excluding hydrogens is 408 g/mol. The average molecular weight is 427 g/mol. The van der Waals surface area contributed by atoms with E-state index in [-0.39, 0.29) is 16.2 Å². The molecule has 4 nitrogen and oxygen atoms in total. The van der Waals surface area contributed by atoms with Crippen LogP contribution in [-0.4, -0.2) is 13.4 Å². The summed E-state index contributed by atoms with van der Waals surface area (Å²) in [5.41, 5.74) is 2.62. The SMILES string of the molecule is CC(C)(C)c1csc(-c2csc(S(=O)(=O)NCc3cccc(Cl)c3)c2)n1. The molecule has 0 spiro atoms. The predicted octanol–water partition coefficient (Wildman–Crippen LogP) is 5.30. The minimum Gasteiger partial charge on any atom is -0.241 e. The summed E-state index contributed by atoms with van der Waals surface area (Å²) in [4.78, 5) is 4.65. The van der Waals surface area contributed by atoms with Crippen LogP contribution in [-0.2, 0) is 22.0 Å². The van der Waals surface area contributed by atoms with Gasteiger partial charge >= 0.3 is 0 Å². The average Bonchev–Trinajstić information content (AvgIpc) is 3.21. The van der Waals surface area contributed by atoms with Crippen molar-refractivity contribution < 1.29 is 8.42 Å². The van der Waals surface area contributed by atoms with Crippen LogP contribution in [0.1, 0.15) is 32.0 Å². The van der Waals surface area contributed by atoms with Gasteiger partial charge in [0.25, 0.3) is 0 Å². The first-order valence-corrected chi connectivity index (χ1v) is 11.6. The van der Waals surface area contributed by atoms with Gasteiger partial charge in [-0.05, 0) is 23.8 Å². The fraction of sp³-hybridized carbons (Fsp3) is 0.278. The molecule has 2 aromatic heterocycles. The summed E-state index contributed by atoms with van der Waals surface area (Å²) >= 11 is 8.66. The third-order valence-electron chi connectivity index (χ3n) is 3.72. The van der Waals surface area contributed by atoms with Gasteiger partial charge in [-0.1, -0.05) is 44.5 Å². The van der Waals surface area contributed by atoms with Gasteiger partial charge in [-0.3, -0.25) is 0 Å². The number of thiophene rings is 1. The van der Waals surface area contributed by atoms with Crippen molar-refractivity contribution >= 4 is 44.3 Å². The quantitative estimate of drug-likeness (QED) is 0.602. The van der Waals surface area contributed by atoms with Gasteiger partial charge in [-0.25, -0.2) is 18.1 Å². The topological polar surface area (TPSA) is 59.1 Å². The van der Waals surface area contributed by atoms with Gasteiger partial charge in [-0.2, -0.15) is 0 Å². The molecule has 0 fully saturated rings. The van der Waals surface area contributed by atoms with E-state index in [0.29, 0.717) is 5.02 Å². The van der Waals surface area contributed by atoms with Crippen LogP contribution >= 0.6 is 34.3 Å². The maximum Gasteiger partial charge on any atom is 0.250 e. The lowest BCUT2D eigenvalue weighted by molar-refractivity contribution is 0.573. The second kappa shape index (κ2) is 7.40. The van der Waals surface area contributed by atoms with Gasteiger partial charge in [0.2, 0.25) is 10.0 Å². The standard InChI is InChI=1S/C18H19ClN2O2S3/c1-18(2,3)15-11-25-17(21-15)13-8-16(24-10-13)26(22,23)20-9-12-5-4-6-14(19)7-12/h4-8,10-11,20H,9H2,1-3H3. The smallest absolute Gasteiger partial charge is 0.241 e. The van der Waals surface area contributed by atoms with Crippen molar-refractivity contribution in [3.05, 3.63) is 57.4 Å². The molecule has 0 aliphatic heterocycles. The van der Waals surface area contributed by atoms with Crippen molar-refractivity contribution in [2.24, 2.45) is 0 Å². The van der Waals surface area contributed by atoms with E-state index in [1.165, 1.54) is 22.7 Å². The minimum absolute atomic E-state index is 0.0296. The molecule has 0 bridgehead atoms. The lowest BCUT2D eigenvalue weighted by Gasteiger charge is -2.14. The van der Waals surface area contributed by atoms with Crippen LogP contribution in [0.3, 0.4) is 0 Å². The number of hydrogen-bond donors (Lipinski definition) is 1. The zero-order valence-corrected chi connectivity index (χ0v) is 17.8. The van der Waals surface area contributed by atoms with E-state index >= 15 is 0 Å². The summed E-state index contributed by atoms with van der Waals surface area (Å²) in [5.74, 6) is 0. The Balaban J connectivity index is 1.76. The number of halogens is 1. The first-order valence-electron chi connectivity index (χ1n) is 7.94. The first kappa shape index (κ1) is 19.5. The minimum atomic E-state index is -3.58. The van der Waals surface area contributed by atoms with Gasteiger partial charge in [0.1, 0.15) is 9.22 Å². The molecule has 26 heavy (non-hydrogen) atoms. The number of nitrogens with zero attached hydrogens (tertiary/aromatic N) is 1. The zero-order chi connectivity index (χ0) is 18.9. The third kappa shape index (κ3) is 4.53. The number of aromatic nitrogens is 1. The first-order chi connectivity index (χ1) is 12.1. The Labute approximate surface area is 166 Å². The number of rotatable bonds is 5. The van der Waals surface area contributed by atoms with Gasteiger partial charge < -0.3 is 0 Å². The van der Waals surface area contributed by atoms with E-state index in [1.54, 1.807) is 24.3 Å². The van der Waals surface area contributed by atoms with Crippen LogP contribution in [0.4, 0.5) is 0 Å². The molecule has 0 unspecified atom stereocenters. The van der Waals surface area contributed by atoms with Crippen LogP contribution in [0, 0.1) is 0 Å². The Morgan fingerprint density at radius 3 is 2.58 bits per heavy atom. The number of sulfonamides is 1. The van der Waals surface area contributed by atoms with Crippen LogP contribution in [0.2, 0.25) is 5.02 Å². The monoisotopic (exact) mass is 426 g/mol. The van der Waals surface area contributed by atoms with Crippen molar-refractivity contribution in [3.63, 3.8) is 0 Å². The summed E-state index contributed by atoms with van der Waals surface area (Å²) in [6, 6.07) is 8.80. The summed E-state index contributed by atoms with van der Waals surface area (Å²) < 4.78 is 28.0. The van der Waals surface area contributed by atoms with Crippen molar-refractivity contribution in [1.82, 2.24) is 9.71 Å². The Bertz CT molecular complexity index is 1020. The summed E-state index contributed by atoms with van der Waals surface area (Å²) in [6.07, 6.45) is 0. The van der Waals surface area contributed by atoms with Gasteiger partial charge in [0.05, 0.1) is 5.69 Å². The van der Waals surface area contributed by atoms with Crippen molar-refractivity contribution in [2.45, 2.75) is 36.9 Å². The second-order valence-electron chi connectivity index (χ2n) is 6.90. The molecule has 0 amide bonds. The number of nitrogens with one attached hydrogen (secondary N) is 1. The Morgan fingerprint density at radius 2 is 1.92 bits per heavy atom. The van der Waals surface area contributed by atoms with Gasteiger partial charge in [0, 0.05) is 33.3 Å². The van der Waals surface area contributed by atoms with E-state index in [2.05, 4.69) is 30.5 Å². The summed E-state index contributed by atoms with van der Waals surface area (Å²) in [6.45, 7) is 6.51. The van der Waals surface area contributed by atoms with Crippen LogP contribution in [0.5, 0.6) is 0 Å². The van der Waals surface area contributed by atoms with Crippen molar-refractivity contribution in [1.29, 1.82) is 0 Å². The van der Waals surface area contributed by atoms with E-state index in [4.69, 9.17) is 11.6 Å². The lowest BCUT2D eigenvalue weighted by Crippen LogP contribution is -2.22. The fourth-order valence-corrected chi connectivity index (χ4v) is 5.77. The maximum absolute atomic E-state index is 12.5. The highest BCUT2D eigenvalue weighted by atomic mass is 35.5. The normalized spacial score (nSPS) is 12.5. The largest absolute Gasteiger partial charge is 0.250 e. The molecule has 1 N–H and O–H groups in total. The van der Waals surface area contributed by atoms with E-state index in [9.17, 15) is 8.42 Å². The van der Waals surface area contributed by atoms with Gasteiger partial charge in [0.15, 0.2) is 0 Å². The molecule has 138 valence electrons. The zero-order valence-electron chi connectivity index (χ0n) is 14.6. The lowest BCUT2D eigenvalue weighted by atomic mass is 9.93. The van der Waals surface area contributed by atoms with Crippen molar-refractivity contribution in [2.75, 3.05) is 0 Å². The third-order valence-corrected chi connectivity index (χ3v) is 7.68. The Hall–Kier alpha value is -1.25. The second-order valence-corrected chi connectivity index (χ2v) is 11.1. The van der Waals surface area contributed by atoms with Gasteiger partial charge in [-0.15, -0.1) is 22.7 Å². The Kier molecular flexibility index (Phi) is 5.55. The van der Waals surface area contributed by atoms with Crippen molar-refractivity contribution in [3.8, 4) is 10.6 Å². The fourth-order valence-electron chi connectivity index (χ4n) is 2.22. The molecule has 3 aromatic rings. The number of thiazole rings is 1. The molecule has 3 rings (SSSR count). The molecule has 0 saturated carbocycles. The molecule has 8 heteroatoms. The van der Waals surface area contributed by atoms with E-state index in [1.807, 2.05) is 16.8 Å². The van der Waals surface area contributed by atoms with Crippen LogP contribution in [0.15, 0.2) is 45.3 Å². The summed E-state index contributed by atoms with van der Waals surface area (Å²) in [7, 11) is -3.58. The van der Waals surface area contributed by atoms with E-state index in [0.717, 1.165) is 21.8 Å². The Morgan fingerprint density at radius 1 is 1.15 bits per heavy atom. The molecule has 0 atom stereocenters. The predicted molar refractivity (Wildman–Crippen MR) is 110 cm³/mol.